The van der Waals surface area contributed by atoms with Gasteiger partial charge >= 0.3 is 0 Å². The van der Waals surface area contributed by atoms with Crippen LogP contribution in [0.1, 0.15) is 26.7 Å². The Hall–Kier alpha value is -1.27. The molecule has 0 aliphatic carbocycles. The molecule has 0 aliphatic rings. The molecule has 0 aliphatic heterocycles. The summed E-state index contributed by atoms with van der Waals surface area (Å²) in [6.07, 6.45) is 0.542. The van der Waals surface area contributed by atoms with Crippen molar-refractivity contribution in [2.45, 2.75) is 26.7 Å². The molecule has 3 N–H and O–H groups in total. The van der Waals surface area contributed by atoms with Crippen LogP contribution in [0.4, 0.5) is 11.4 Å². The highest BCUT2D eigenvalue weighted by atomic mass is 35.5. The smallest absolute Gasteiger partial charge is 0.225 e. The first kappa shape index (κ1) is 17.8. The molecule has 0 radical (unpaired) electrons. The van der Waals surface area contributed by atoms with Crippen molar-refractivity contribution in [2.75, 3.05) is 22.6 Å². The molecule has 7 heteroatoms. The van der Waals surface area contributed by atoms with Gasteiger partial charge in [0.15, 0.2) is 9.84 Å². The number of rotatable bonds is 7. The van der Waals surface area contributed by atoms with Gasteiger partial charge in [0.25, 0.3) is 0 Å². The molecule has 0 spiro atoms. The number of hydrogen-bond donors (Lipinski definition) is 2. The van der Waals surface area contributed by atoms with Crippen LogP contribution < -0.4 is 11.1 Å². The molecular formula is C14H21ClN2O3S. The number of benzene rings is 1. The van der Waals surface area contributed by atoms with Gasteiger partial charge in [-0.1, -0.05) is 25.4 Å². The Morgan fingerprint density at radius 2 is 2.00 bits per heavy atom. The monoisotopic (exact) mass is 332 g/mol. The third-order valence-electron chi connectivity index (χ3n) is 2.93. The first-order valence-electron chi connectivity index (χ1n) is 6.75. The van der Waals surface area contributed by atoms with E-state index in [-0.39, 0.29) is 23.8 Å². The second-order valence-corrected chi connectivity index (χ2v) is 8.08. The van der Waals surface area contributed by atoms with Crippen LogP contribution in [-0.2, 0) is 14.6 Å². The van der Waals surface area contributed by atoms with E-state index in [0.29, 0.717) is 28.7 Å². The van der Waals surface area contributed by atoms with E-state index in [2.05, 4.69) is 5.32 Å². The number of sulfone groups is 1. The van der Waals surface area contributed by atoms with E-state index in [1.807, 2.05) is 13.8 Å². The summed E-state index contributed by atoms with van der Waals surface area (Å²) in [5.41, 5.74) is 6.49. The predicted molar refractivity (Wildman–Crippen MR) is 87.2 cm³/mol. The first-order valence-corrected chi connectivity index (χ1v) is 8.95. The van der Waals surface area contributed by atoms with E-state index in [1.54, 1.807) is 12.1 Å². The average Bonchev–Trinajstić information content (AvgIpc) is 2.39. The van der Waals surface area contributed by atoms with Crippen molar-refractivity contribution in [3.63, 3.8) is 0 Å². The molecule has 1 aromatic rings. The van der Waals surface area contributed by atoms with E-state index in [1.165, 1.54) is 6.07 Å². The SMILES string of the molecule is CC(C)CCS(=O)(=O)CCC(=O)Nc1ccc(Cl)c(N)c1. The minimum atomic E-state index is -3.19. The lowest BCUT2D eigenvalue weighted by Crippen LogP contribution is -2.19. The normalized spacial score (nSPS) is 11.6. The summed E-state index contributed by atoms with van der Waals surface area (Å²) < 4.78 is 23.5. The van der Waals surface area contributed by atoms with E-state index in [4.69, 9.17) is 17.3 Å². The highest BCUT2D eigenvalue weighted by Crippen LogP contribution is 2.22. The third kappa shape index (κ3) is 6.82. The molecule has 1 aromatic carbocycles. The maximum absolute atomic E-state index is 11.8. The van der Waals surface area contributed by atoms with Crippen LogP contribution in [-0.4, -0.2) is 25.8 Å². The molecule has 0 atom stereocenters. The second kappa shape index (κ2) is 7.66. The minimum Gasteiger partial charge on any atom is -0.397 e. The van der Waals surface area contributed by atoms with Crippen LogP contribution in [0.2, 0.25) is 5.02 Å². The topological polar surface area (TPSA) is 89.3 Å². The molecule has 0 saturated carbocycles. The van der Waals surface area contributed by atoms with Crippen LogP contribution >= 0.6 is 11.6 Å². The average molecular weight is 333 g/mol. The number of hydrogen-bond acceptors (Lipinski definition) is 4. The largest absolute Gasteiger partial charge is 0.397 e. The van der Waals surface area contributed by atoms with Crippen LogP contribution in [0.3, 0.4) is 0 Å². The Morgan fingerprint density at radius 1 is 1.33 bits per heavy atom. The number of nitrogens with one attached hydrogen (secondary N) is 1. The molecule has 0 unspecified atom stereocenters. The van der Waals surface area contributed by atoms with Crippen LogP contribution in [0.15, 0.2) is 18.2 Å². The summed E-state index contributed by atoms with van der Waals surface area (Å²) in [4.78, 5) is 11.7. The fraction of sp³-hybridized carbons (Fsp3) is 0.500. The lowest BCUT2D eigenvalue weighted by Gasteiger charge is -2.08. The standard InChI is InChI=1S/C14H21ClN2O3S/c1-10(2)5-7-21(19,20)8-6-14(18)17-11-3-4-12(15)13(16)9-11/h3-4,9-10H,5-8,16H2,1-2H3,(H,17,18). The molecule has 0 heterocycles. The first-order chi connectivity index (χ1) is 9.69. The molecule has 21 heavy (non-hydrogen) atoms. The Morgan fingerprint density at radius 3 is 2.57 bits per heavy atom. The Labute approximate surface area is 130 Å². The number of halogens is 1. The Kier molecular flexibility index (Phi) is 6.48. The van der Waals surface area contributed by atoms with Crippen molar-refractivity contribution in [3.05, 3.63) is 23.2 Å². The summed E-state index contributed by atoms with van der Waals surface area (Å²) in [6, 6.07) is 4.73. The zero-order valence-corrected chi connectivity index (χ0v) is 13.8. The van der Waals surface area contributed by atoms with Gasteiger partial charge in [-0.05, 0) is 30.5 Å². The molecule has 0 aromatic heterocycles. The fourth-order valence-corrected chi connectivity index (χ4v) is 3.26. The zero-order chi connectivity index (χ0) is 16.0. The minimum absolute atomic E-state index is 0.0665. The lowest BCUT2D eigenvalue weighted by molar-refractivity contribution is -0.115. The van der Waals surface area contributed by atoms with Gasteiger partial charge in [0.05, 0.1) is 22.2 Å². The predicted octanol–water partition coefficient (Wildman–Crippen LogP) is 2.71. The Balaban J connectivity index is 2.48. The van der Waals surface area contributed by atoms with E-state index >= 15 is 0 Å². The molecule has 5 nitrogen and oxygen atoms in total. The number of carbonyl (C=O) groups excluding carboxylic acids is 1. The molecule has 0 saturated heterocycles. The van der Waals surface area contributed by atoms with Crippen molar-refractivity contribution < 1.29 is 13.2 Å². The molecule has 0 bridgehead atoms. The number of anilines is 2. The molecule has 118 valence electrons. The second-order valence-electron chi connectivity index (χ2n) is 5.37. The number of carbonyl (C=O) groups is 1. The quantitative estimate of drug-likeness (QED) is 0.751. The summed E-state index contributed by atoms with van der Waals surface area (Å²) in [5.74, 6) is -0.0593. The van der Waals surface area contributed by atoms with Gasteiger partial charge < -0.3 is 11.1 Å². The van der Waals surface area contributed by atoms with E-state index in [0.717, 1.165) is 0 Å². The molecular weight excluding hydrogens is 312 g/mol. The number of amides is 1. The Bertz CT molecular complexity index is 600. The van der Waals surface area contributed by atoms with Crippen molar-refractivity contribution >= 4 is 38.7 Å². The van der Waals surface area contributed by atoms with Crippen molar-refractivity contribution in [1.82, 2.24) is 0 Å². The van der Waals surface area contributed by atoms with Gasteiger partial charge in [-0.2, -0.15) is 0 Å². The maximum Gasteiger partial charge on any atom is 0.225 e. The van der Waals surface area contributed by atoms with Gasteiger partial charge in [-0.25, -0.2) is 8.42 Å². The van der Waals surface area contributed by atoms with E-state index < -0.39 is 9.84 Å². The summed E-state index contributed by atoms with van der Waals surface area (Å²) in [5, 5.41) is 3.01. The van der Waals surface area contributed by atoms with Crippen molar-refractivity contribution in [2.24, 2.45) is 5.92 Å². The zero-order valence-electron chi connectivity index (χ0n) is 12.2. The number of nitrogen functional groups attached to an aromatic ring is 1. The molecule has 1 amide bonds. The van der Waals surface area contributed by atoms with Gasteiger partial charge in [-0.15, -0.1) is 0 Å². The van der Waals surface area contributed by atoms with Gasteiger partial charge in [-0.3, -0.25) is 4.79 Å². The lowest BCUT2D eigenvalue weighted by atomic mass is 10.2. The fourth-order valence-electron chi connectivity index (χ4n) is 1.61. The maximum atomic E-state index is 11.8. The molecule has 1 rings (SSSR count). The van der Waals surface area contributed by atoms with Crippen molar-refractivity contribution in [1.29, 1.82) is 0 Å². The van der Waals surface area contributed by atoms with Crippen LogP contribution in [0, 0.1) is 5.92 Å². The van der Waals surface area contributed by atoms with Crippen LogP contribution in [0.5, 0.6) is 0 Å². The molecule has 0 fully saturated rings. The summed E-state index contributed by atoms with van der Waals surface area (Å²) >= 11 is 5.78. The van der Waals surface area contributed by atoms with E-state index in [9.17, 15) is 13.2 Å². The van der Waals surface area contributed by atoms with Gasteiger partial charge in [0, 0.05) is 12.1 Å². The van der Waals surface area contributed by atoms with Gasteiger partial charge in [0.2, 0.25) is 5.91 Å². The summed E-state index contributed by atoms with van der Waals surface area (Å²) in [7, 11) is -3.19. The third-order valence-corrected chi connectivity index (χ3v) is 4.95. The highest BCUT2D eigenvalue weighted by molar-refractivity contribution is 7.91. The summed E-state index contributed by atoms with van der Waals surface area (Å²) in [6.45, 7) is 3.93. The van der Waals surface area contributed by atoms with Gasteiger partial charge in [0.1, 0.15) is 0 Å². The number of nitrogens with two attached hydrogens (primary N) is 1. The highest BCUT2D eigenvalue weighted by Gasteiger charge is 2.14. The van der Waals surface area contributed by atoms with Crippen molar-refractivity contribution in [3.8, 4) is 0 Å². The van der Waals surface area contributed by atoms with Crippen LogP contribution in [0.25, 0.3) is 0 Å².